The fraction of sp³-hybridized carbons (Fsp3) is 0.235. The highest BCUT2D eigenvalue weighted by atomic mass is 19.4. The molecule has 0 atom stereocenters. The van der Waals surface area contributed by atoms with Crippen LogP contribution in [0.25, 0.3) is 0 Å². The van der Waals surface area contributed by atoms with Crippen LogP contribution in [0.4, 0.5) is 17.6 Å². The van der Waals surface area contributed by atoms with E-state index >= 15 is 0 Å². The summed E-state index contributed by atoms with van der Waals surface area (Å²) in [4.78, 5) is 27.0. The first kappa shape index (κ1) is 19.4. The molecule has 0 saturated carbocycles. The molecule has 0 unspecified atom stereocenters. The molecule has 0 fully saturated rings. The van der Waals surface area contributed by atoms with E-state index in [1.807, 2.05) is 0 Å². The molecule has 2 rings (SSSR count). The largest absolute Gasteiger partial charge is 0.462 e. The number of aryl methyl sites for hydroxylation is 1. The first-order chi connectivity index (χ1) is 12.2. The molecule has 0 aliphatic heterocycles. The minimum absolute atomic E-state index is 0.000860. The molecule has 9 heteroatoms. The number of nitrogens with zero attached hydrogens (tertiary/aromatic N) is 1. The number of aromatic nitrogens is 1. The normalized spacial score (nSPS) is 11.2. The predicted molar refractivity (Wildman–Crippen MR) is 81.8 cm³/mol. The molecule has 0 aliphatic rings. The summed E-state index contributed by atoms with van der Waals surface area (Å²) in [5.41, 5.74) is -1.80. The number of alkyl halides is 3. The van der Waals surface area contributed by atoms with E-state index in [0.717, 1.165) is 6.20 Å². The average Bonchev–Trinajstić information content (AvgIpc) is 2.56. The van der Waals surface area contributed by atoms with Gasteiger partial charge >= 0.3 is 12.1 Å². The molecule has 2 aromatic rings. The van der Waals surface area contributed by atoms with Crippen LogP contribution in [0.1, 0.15) is 38.8 Å². The average molecular weight is 371 g/mol. The van der Waals surface area contributed by atoms with Gasteiger partial charge in [0.25, 0.3) is 0 Å². The van der Waals surface area contributed by atoms with Crippen molar-refractivity contribution in [2.45, 2.75) is 20.0 Å². The number of hydrogen-bond donors (Lipinski definition) is 0. The van der Waals surface area contributed by atoms with Crippen molar-refractivity contribution in [1.29, 1.82) is 0 Å². The Morgan fingerprint density at radius 1 is 1.31 bits per heavy atom. The standard InChI is InChI=1S/C17H13F4NO4/c1-3-25-16(24)13-10(8-23)4-5-22-15(13)26-14-9(2)6-11(7-12(14)18)17(19,20)21/h4-8H,3H2,1-2H3. The Morgan fingerprint density at radius 2 is 2.00 bits per heavy atom. The molecule has 26 heavy (non-hydrogen) atoms. The van der Waals surface area contributed by atoms with Gasteiger partial charge in [-0.05, 0) is 37.6 Å². The molecule has 0 bridgehead atoms. The molecule has 0 N–H and O–H groups in total. The van der Waals surface area contributed by atoms with E-state index in [1.54, 1.807) is 0 Å². The van der Waals surface area contributed by atoms with Gasteiger partial charge in [0.1, 0.15) is 5.56 Å². The van der Waals surface area contributed by atoms with Gasteiger partial charge in [-0.1, -0.05) is 0 Å². The van der Waals surface area contributed by atoms with E-state index in [-0.39, 0.29) is 29.4 Å². The maximum Gasteiger partial charge on any atom is 0.416 e. The molecular weight excluding hydrogens is 358 g/mol. The summed E-state index contributed by atoms with van der Waals surface area (Å²) in [6.07, 6.45) is -3.23. The minimum Gasteiger partial charge on any atom is -0.462 e. The van der Waals surface area contributed by atoms with E-state index < -0.39 is 35.2 Å². The van der Waals surface area contributed by atoms with Crippen molar-refractivity contribution in [3.05, 3.63) is 52.5 Å². The van der Waals surface area contributed by atoms with Crippen LogP contribution >= 0.6 is 0 Å². The third kappa shape index (κ3) is 3.98. The van der Waals surface area contributed by atoms with Gasteiger partial charge in [0, 0.05) is 11.8 Å². The van der Waals surface area contributed by atoms with E-state index in [0.29, 0.717) is 12.4 Å². The SMILES string of the molecule is CCOC(=O)c1c(C=O)ccnc1Oc1c(C)cc(C(F)(F)F)cc1F. The zero-order valence-electron chi connectivity index (χ0n) is 13.7. The topological polar surface area (TPSA) is 65.5 Å². The van der Waals surface area contributed by atoms with Gasteiger partial charge in [0.15, 0.2) is 17.9 Å². The van der Waals surface area contributed by atoms with Gasteiger partial charge < -0.3 is 9.47 Å². The van der Waals surface area contributed by atoms with Crippen molar-refractivity contribution in [3.63, 3.8) is 0 Å². The van der Waals surface area contributed by atoms with Crippen molar-refractivity contribution in [3.8, 4) is 11.6 Å². The maximum atomic E-state index is 14.2. The zero-order chi connectivity index (χ0) is 19.5. The van der Waals surface area contributed by atoms with Crippen molar-refractivity contribution in [1.82, 2.24) is 4.98 Å². The van der Waals surface area contributed by atoms with E-state index in [9.17, 15) is 27.2 Å². The first-order valence-electron chi connectivity index (χ1n) is 7.35. The Morgan fingerprint density at radius 3 is 2.54 bits per heavy atom. The smallest absolute Gasteiger partial charge is 0.416 e. The highest BCUT2D eigenvalue weighted by molar-refractivity contribution is 6.00. The number of aldehydes is 1. The summed E-state index contributed by atoms with van der Waals surface area (Å²) >= 11 is 0. The van der Waals surface area contributed by atoms with E-state index in [1.165, 1.54) is 19.9 Å². The van der Waals surface area contributed by atoms with E-state index in [2.05, 4.69) is 4.98 Å². The quantitative estimate of drug-likeness (QED) is 0.445. The fourth-order valence-electron chi connectivity index (χ4n) is 2.16. The number of carbonyl (C=O) groups is 2. The number of esters is 1. The molecule has 138 valence electrons. The van der Waals surface area contributed by atoms with Crippen LogP contribution in [-0.2, 0) is 10.9 Å². The van der Waals surface area contributed by atoms with Crippen molar-refractivity contribution in [2.75, 3.05) is 6.61 Å². The van der Waals surface area contributed by atoms with E-state index in [4.69, 9.17) is 9.47 Å². The lowest BCUT2D eigenvalue weighted by atomic mass is 10.1. The van der Waals surface area contributed by atoms with Gasteiger partial charge in [0.2, 0.25) is 5.88 Å². The van der Waals surface area contributed by atoms with Crippen LogP contribution in [-0.4, -0.2) is 23.8 Å². The van der Waals surface area contributed by atoms with Crippen LogP contribution in [0.3, 0.4) is 0 Å². The maximum absolute atomic E-state index is 14.2. The molecular formula is C17H13F4NO4. The molecule has 1 aromatic carbocycles. The Balaban J connectivity index is 2.53. The molecule has 1 heterocycles. The highest BCUT2D eigenvalue weighted by Crippen LogP contribution is 2.36. The monoisotopic (exact) mass is 371 g/mol. The second-order valence-corrected chi connectivity index (χ2v) is 5.12. The summed E-state index contributed by atoms with van der Waals surface area (Å²) in [7, 11) is 0. The number of benzene rings is 1. The van der Waals surface area contributed by atoms with Crippen LogP contribution in [0, 0.1) is 12.7 Å². The van der Waals surface area contributed by atoms with Gasteiger partial charge in [-0.3, -0.25) is 4.79 Å². The van der Waals surface area contributed by atoms with Gasteiger partial charge in [-0.15, -0.1) is 0 Å². The predicted octanol–water partition coefficient (Wildman–Crippen LogP) is 4.33. The van der Waals surface area contributed by atoms with Gasteiger partial charge in [-0.2, -0.15) is 13.2 Å². The lowest BCUT2D eigenvalue weighted by molar-refractivity contribution is -0.137. The van der Waals surface area contributed by atoms with Crippen molar-refractivity contribution < 1.29 is 36.6 Å². The molecule has 0 saturated heterocycles. The van der Waals surface area contributed by atoms with Crippen molar-refractivity contribution >= 4 is 12.3 Å². The third-order valence-corrected chi connectivity index (χ3v) is 3.31. The zero-order valence-corrected chi connectivity index (χ0v) is 13.7. The molecule has 0 aliphatic carbocycles. The first-order valence-corrected chi connectivity index (χ1v) is 7.35. The van der Waals surface area contributed by atoms with Crippen LogP contribution in [0.5, 0.6) is 11.6 Å². The Labute approximate surface area is 145 Å². The summed E-state index contributed by atoms with van der Waals surface area (Å²) in [5, 5.41) is 0. The Bertz CT molecular complexity index is 826. The second-order valence-electron chi connectivity index (χ2n) is 5.12. The summed E-state index contributed by atoms with van der Waals surface area (Å²) in [6.45, 7) is 2.75. The Kier molecular flexibility index (Phi) is 5.59. The highest BCUT2D eigenvalue weighted by Gasteiger charge is 2.32. The lowest BCUT2D eigenvalue weighted by Crippen LogP contribution is -2.12. The number of pyridine rings is 1. The van der Waals surface area contributed by atoms with Gasteiger partial charge in [-0.25, -0.2) is 14.2 Å². The molecule has 0 amide bonds. The molecule has 1 aromatic heterocycles. The molecule has 5 nitrogen and oxygen atoms in total. The number of halogens is 4. The van der Waals surface area contributed by atoms with Crippen LogP contribution in [0.2, 0.25) is 0 Å². The van der Waals surface area contributed by atoms with Gasteiger partial charge in [0.05, 0.1) is 12.2 Å². The number of carbonyl (C=O) groups excluding carboxylic acids is 2. The van der Waals surface area contributed by atoms with Crippen LogP contribution in [0.15, 0.2) is 24.4 Å². The third-order valence-electron chi connectivity index (χ3n) is 3.31. The number of ether oxygens (including phenoxy) is 2. The van der Waals surface area contributed by atoms with Crippen LogP contribution < -0.4 is 4.74 Å². The summed E-state index contributed by atoms with van der Waals surface area (Å²) in [5.74, 6) is -3.21. The number of rotatable bonds is 5. The fourth-order valence-corrected chi connectivity index (χ4v) is 2.16. The van der Waals surface area contributed by atoms with Crippen molar-refractivity contribution in [2.24, 2.45) is 0 Å². The number of hydrogen-bond acceptors (Lipinski definition) is 5. The second kappa shape index (κ2) is 7.51. The summed E-state index contributed by atoms with van der Waals surface area (Å²) in [6, 6.07) is 2.20. The molecule has 0 spiro atoms. The summed E-state index contributed by atoms with van der Waals surface area (Å²) < 4.78 is 62.4. The lowest BCUT2D eigenvalue weighted by Gasteiger charge is -2.15. The Hall–Kier alpha value is -2.97. The minimum atomic E-state index is -4.73. The molecule has 0 radical (unpaired) electrons.